The Balaban J connectivity index is 1.41. The lowest BCUT2D eigenvalue weighted by Crippen LogP contribution is -2.28. The number of halogens is 6. The largest absolute Gasteiger partial charge is 0.416 e. The molecule has 0 bridgehead atoms. The van der Waals surface area contributed by atoms with Crippen LogP contribution in [-0.2, 0) is 18.9 Å². The molecule has 2 aliphatic heterocycles. The first kappa shape index (κ1) is 26.3. The number of fused-ring (bicyclic) bond motifs is 1. The van der Waals surface area contributed by atoms with Crippen LogP contribution >= 0.6 is 11.8 Å². The van der Waals surface area contributed by atoms with Crippen LogP contribution in [0.15, 0.2) is 52.5 Å². The Morgan fingerprint density at radius 3 is 2.55 bits per heavy atom. The second-order valence-electron chi connectivity index (χ2n) is 9.33. The lowest BCUT2D eigenvalue weighted by atomic mass is 10.0. The van der Waals surface area contributed by atoms with Gasteiger partial charge in [-0.2, -0.15) is 36.4 Å². The highest BCUT2D eigenvalue weighted by atomic mass is 32.2. The quantitative estimate of drug-likeness (QED) is 0.315. The molecule has 5 nitrogen and oxygen atoms in total. The molecule has 3 aromatic rings. The Hall–Kier alpha value is -3.28. The van der Waals surface area contributed by atoms with Crippen LogP contribution in [0.3, 0.4) is 0 Å². The third-order valence-electron chi connectivity index (χ3n) is 6.73. The number of aromatic nitrogens is 2. The molecule has 0 spiro atoms. The number of amides is 1. The normalized spacial score (nSPS) is 19.7. The Bertz CT molecular complexity index is 1460. The maximum atomic E-state index is 13.5. The van der Waals surface area contributed by atoms with Crippen molar-refractivity contribution < 1.29 is 31.1 Å². The van der Waals surface area contributed by atoms with Gasteiger partial charge in [-0.1, -0.05) is 25.5 Å². The fourth-order valence-electron chi connectivity index (χ4n) is 4.73. The van der Waals surface area contributed by atoms with E-state index in [9.17, 15) is 31.1 Å². The topological polar surface area (TPSA) is 50.5 Å². The van der Waals surface area contributed by atoms with Crippen LogP contribution in [0.4, 0.5) is 31.1 Å². The predicted molar refractivity (Wildman–Crippen MR) is 134 cm³/mol. The summed E-state index contributed by atoms with van der Waals surface area (Å²) in [6.07, 6.45) is -4.34. The van der Waals surface area contributed by atoms with E-state index in [1.165, 1.54) is 4.68 Å². The average molecular weight is 553 g/mol. The predicted octanol–water partition coefficient (Wildman–Crippen LogP) is 7.46. The highest BCUT2D eigenvalue weighted by molar-refractivity contribution is 8.18. The molecule has 3 heterocycles. The molecule has 2 aliphatic rings. The third-order valence-corrected chi connectivity index (χ3v) is 7.51. The lowest BCUT2D eigenvalue weighted by molar-refractivity contribution is -0.143. The van der Waals surface area contributed by atoms with Gasteiger partial charge in [-0.25, -0.2) is 0 Å². The summed E-state index contributed by atoms with van der Waals surface area (Å²) < 4.78 is 80.8. The van der Waals surface area contributed by atoms with Crippen LogP contribution < -0.4 is 0 Å². The standard InChI is InChI=1S/C26H22F6N4OS/c1-2-15-7-8-35(12-15)23-22(38-24(37)33-23)10-16-3-6-21-18(9-16)14-36(34-21)13-17-4-5-19(25(27,28)29)11-20(17)26(30,31)32/h3-6,9-11,14-15H,2,7-8,12-13H2,1H3/b22-10-. The zero-order chi connectivity index (χ0) is 27.2. The van der Waals surface area contributed by atoms with Gasteiger partial charge in [-0.15, -0.1) is 0 Å². The van der Waals surface area contributed by atoms with E-state index in [1.807, 2.05) is 6.08 Å². The minimum Gasteiger partial charge on any atom is -0.355 e. The van der Waals surface area contributed by atoms with Gasteiger partial charge in [0.2, 0.25) is 0 Å². The van der Waals surface area contributed by atoms with E-state index in [1.54, 1.807) is 24.4 Å². The van der Waals surface area contributed by atoms with E-state index in [0.29, 0.717) is 28.7 Å². The first-order valence-corrected chi connectivity index (χ1v) is 12.7. The number of benzene rings is 2. The van der Waals surface area contributed by atoms with Crippen molar-refractivity contribution in [3.8, 4) is 0 Å². The fraction of sp³-hybridized carbons (Fsp3) is 0.346. The Labute approximate surface area is 218 Å². The van der Waals surface area contributed by atoms with Gasteiger partial charge in [0.25, 0.3) is 0 Å². The Kier molecular flexibility index (Phi) is 6.79. The smallest absolute Gasteiger partial charge is 0.355 e. The minimum absolute atomic E-state index is 0.131. The number of aliphatic imine (C=N–C) groups is 1. The number of amidine groups is 1. The van der Waals surface area contributed by atoms with Gasteiger partial charge in [0.15, 0.2) is 0 Å². The molecular formula is C26H22F6N4OS. The summed E-state index contributed by atoms with van der Waals surface area (Å²) in [6.45, 7) is 3.46. The molecule has 1 atom stereocenters. The van der Waals surface area contributed by atoms with Crippen molar-refractivity contribution >= 4 is 39.8 Å². The van der Waals surface area contributed by atoms with E-state index in [0.717, 1.165) is 54.2 Å². The monoisotopic (exact) mass is 552 g/mol. The Morgan fingerprint density at radius 2 is 1.87 bits per heavy atom. The molecule has 12 heteroatoms. The van der Waals surface area contributed by atoms with E-state index < -0.39 is 23.5 Å². The maximum Gasteiger partial charge on any atom is 0.416 e. The number of hydrogen-bond acceptors (Lipinski definition) is 4. The molecule has 0 aliphatic carbocycles. The van der Waals surface area contributed by atoms with Crippen molar-refractivity contribution in [1.29, 1.82) is 0 Å². The van der Waals surface area contributed by atoms with Crippen LogP contribution in [0.2, 0.25) is 0 Å². The summed E-state index contributed by atoms with van der Waals surface area (Å²) >= 11 is 1.05. The SMILES string of the molecule is CCC1CCN(C2=NC(=O)S/C2=C\c2ccc3nn(Cc4ccc(C(F)(F)F)cc4C(F)(F)F)cc3c2)C1. The number of carbonyl (C=O) groups excluding carboxylic acids is 1. The van der Waals surface area contributed by atoms with E-state index in [2.05, 4.69) is 21.9 Å². The summed E-state index contributed by atoms with van der Waals surface area (Å²) in [5.41, 5.74) is -1.75. The first-order chi connectivity index (χ1) is 17.9. The first-order valence-electron chi connectivity index (χ1n) is 11.9. The number of likely N-dealkylation sites (tertiary alicyclic amines) is 1. The molecular weight excluding hydrogens is 530 g/mol. The number of hydrogen-bond donors (Lipinski definition) is 0. The van der Waals surface area contributed by atoms with Gasteiger partial charge in [0, 0.05) is 24.7 Å². The number of nitrogens with zero attached hydrogens (tertiary/aromatic N) is 4. The molecule has 1 unspecified atom stereocenters. The van der Waals surface area contributed by atoms with Crippen molar-refractivity contribution in [2.45, 2.75) is 38.7 Å². The van der Waals surface area contributed by atoms with Crippen molar-refractivity contribution in [3.63, 3.8) is 0 Å². The zero-order valence-electron chi connectivity index (χ0n) is 20.1. The number of thioether (sulfide) groups is 1. The highest BCUT2D eigenvalue weighted by Crippen LogP contribution is 2.38. The van der Waals surface area contributed by atoms with Crippen LogP contribution in [0.25, 0.3) is 17.0 Å². The van der Waals surface area contributed by atoms with E-state index >= 15 is 0 Å². The molecule has 0 radical (unpaired) electrons. The molecule has 1 amide bonds. The lowest BCUT2D eigenvalue weighted by Gasteiger charge is -2.18. The second-order valence-corrected chi connectivity index (χ2v) is 10.3. The van der Waals surface area contributed by atoms with Gasteiger partial charge in [-0.3, -0.25) is 9.48 Å². The van der Waals surface area contributed by atoms with Gasteiger partial charge < -0.3 is 4.90 Å². The van der Waals surface area contributed by atoms with Crippen molar-refractivity contribution in [1.82, 2.24) is 14.7 Å². The third kappa shape index (κ3) is 5.45. The molecule has 1 fully saturated rings. The van der Waals surface area contributed by atoms with Crippen molar-refractivity contribution in [2.24, 2.45) is 10.9 Å². The molecule has 5 rings (SSSR count). The zero-order valence-corrected chi connectivity index (χ0v) is 20.9. The Morgan fingerprint density at radius 1 is 1.08 bits per heavy atom. The molecule has 1 aromatic heterocycles. The van der Waals surface area contributed by atoms with Crippen LogP contribution in [0.1, 0.15) is 42.0 Å². The van der Waals surface area contributed by atoms with E-state index in [-0.39, 0.29) is 23.4 Å². The summed E-state index contributed by atoms with van der Waals surface area (Å²) in [5.74, 6) is 1.22. The van der Waals surface area contributed by atoms with Crippen molar-refractivity contribution in [2.75, 3.05) is 13.1 Å². The summed E-state index contributed by atoms with van der Waals surface area (Å²) in [4.78, 5) is 19.1. The van der Waals surface area contributed by atoms with Crippen LogP contribution in [0.5, 0.6) is 0 Å². The second kappa shape index (κ2) is 9.79. The van der Waals surface area contributed by atoms with Crippen molar-refractivity contribution in [3.05, 3.63) is 69.8 Å². The average Bonchev–Trinajstić information content (AvgIpc) is 3.55. The summed E-state index contributed by atoms with van der Waals surface area (Å²) in [6, 6.07) is 6.89. The minimum atomic E-state index is -4.95. The molecule has 200 valence electrons. The molecule has 0 N–H and O–H groups in total. The molecule has 1 saturated heterocycles. The number of alkyl halides is 6. The fourth-order valence-corrected chi connectivity index (χ4v) is 5.51. The van der Waals surface area contributed by atoms with Crippen LogP contribution in [-0.4, -0.2) is 38.8 Å². The summed E-state index contributed by atoms with van der Waals surface area (Å²) in [5, 5.41) is 4.66. The van der Waals surface area contributed by atoms with Crippen LogP contribution in [0, 0.1) is 5.92 Å². The number of carbonyl (C=O) groups is 1. The molecule has 2 aromatic carbocycles. The van der Waals surface area contributed by atoms with Gasteiger partial charge >= 0.3 is 17.6 Å². The highest BCUT2D eigenvalue weighted by Gasteiger charge is 2.38. The number of rotatable bonds is 4. The van der Waals surface area contributed by atoms with Gasteiger partial charge in [0.05, 0.1) is 28.1 Å². The maximum absolute atomic E-state index is 13.5. The van der Waals surface area contributed by atoms with Gasteiger partial charge in [0.1, 0.15) is 5.84 Å². The van der Waals surface area contributed by atoms with E-state index in [4.69, 9.17) is 0 Å². The molecule has 0 saturated carbocycles. The van der Waals surface area contributed by atoms with Gasteiger partial charge in [-0.05, 0) is 65.6 Å². The summed E-state index contributed by atoms with van der Waals surface area (Å²) in [7, 11) is 0. The molecule has 38 heavy (non-hydrogen) atoms.